The van der Waals surface area contributed by atoms with Crippen molar-refractivity contribution in [1.29, 1.82) is 0 Å². The third kappa shape index (κ3) is 3.14. The smallest absolute Gasteiger partial charge is 0.127 e. The second kappa shape index (κ2) is 5.25. The summed E-state index contributed by atoms with van der Waals surface area (Å²) < 4.78 is 10.6. The van der Waals surface area contributed by atoms with E-state index in [1.165, 1.54) is 6.07 Å². The van der Waals surface area contributed by atoms with Crippen molar-refractivity contribution in [3.05, 3.63) is 54.1 Å². The van der Waals surface area contributed by atoms with Crippen LogP contribution in [0.25, 0.3) is 0 Å². The second-order valence-electron chi connectivity index (χ2n) is 3.64. The zero-order valence-corrected chi connectivity index (χ0v) is 9.59. The van der Waals surface area contributed by atoms with Crippen LogP contribution in [0.1, 0.15) is 5.56 Å². The largest absolute Gasteiger partial charge is 0.508 e. The number of phenols is 1. The minimum Gasteiger partial charge on any atom is -0.508 e. The van der Waals surface area contributed by atoms with Crippen LogP contribution < -0.4 is 9.47 Å². The lowest BCUT2D eigenvalue weighted by molar-refractivity contribution is 0.301. The average molecular weight is 230 g/mol. The Hall–Kier alpha value is -2.16. The van der Waals surface area contributed by atoms with Gasteiger partial charge in [0.2, 0.25) is 0 Å². The molecule has 0 aromatic heterocycles. The molecule has 0 unspecified atom stereocenters. The molecule has 1 N–H and O–H groups in total. The van der Waals surface area contributed by atoms with E-state index in [-0.39, 0.29) is 5.75 Å². The molecular weight excluding hydrogens is 216 g/mol. The Morgan fingerprint density at radius 2 is 1.71 bits per heavy atom. The molecule has 0 spiro atoms. The van der Waals surface area contributed by atoms with Gasteiger partial charge in [-0.25, -0.2) is 0 Å². The van der Waals surface area contributed by atoms with Crippen LogP contribution in [0.2, 0.25) is 0 Å². The van der Waals surface area contributed by atoms with Crippen molar-refractivity contribution >= 4 is 0 Å². The van der Waals surface area contributed by atoms with Crippen LogP contribution in [0.4, 0.5) is 0 Å². The minimum atomic E-state index is 0.132. The van der Waals surface area contributed by atoms with Crippen molar-refractivity contribution < 1.29 is 14.6 Å². The van der Waals surface area contributed by atoms with Gasteiger partial charge in [0.15, 0.2) is 0 Å². The summed E-state index contributed by atoms with van der Waals surface area (Å²) in [7, 11) is 1.55. The molecule has 0 amide bonds. The normalized spacial score (nSPS) is 9.94. The highest BCUT2D eigenvalue weighted by atomic mass is 16.5. The van der Waals surface area contributed by atoms with Gasteiger partial charge >= 0.3 is 0 Å². The third-order valence-corrected chi connectivity index (χ3v) is 2.35. The van der Waals surface area contributed by atoms with E-state index in [1.807, 2.05) is 30.3 Å². The number of ether oxygens (including phenoxy) is 2. The molecule has 0 aliphatic rings. The Bertz CT molecular complexity index is 480. The standard InChI is InChI=1S/C14H14O3/c1-16-13-7-12(15)8-14(9-13)17-10-11-5-3-2-4-6-11/h2-9,15H,10H2,1H3. The Morgan fingerprint density at radius 1 is 1.00 bits per heavy atom. The van der Waals surface area contributed by atoms with E-state index in [0.29, 0.717) is 18.1 Å². The predicted octanol–water partition coefficient (Wildman–Crippen LogP) is 2.98. The van der Waals surface area contributed by atoms with Crippen LogP contribution >= 0.6 is 0 Å². The molecule has 2 aromatic rings. The van der Waals surface area contributed by atoms with Gasteiger partial charge in [-0.1, -0.05) is 30.3 Å². The summed E-state index contributed by atoms with van der Waals surface area (Å²) in [5, 5.41) is 9.46. The molecule has 2 aromatic carbocycles. The molecule has 0 heterocycles. The molecule has 0 saturated carbocycles. The third-order valence-electron chi connectivity index (χ3n) is 2.35. The minimum absolute atomic E-state index is 0.132. The lowest BCUT2D eigenvalue weighted by Crippen LogP contribution is -1.95. The molecule has 0 saturated heterocycles. The number of methoxy groups -OCH3 is 1. The molecule has 0 radical (unpaired) electrons. The lowest BCUT2D eigenvalue weighted by Gasteiger charge is -2.08. The zero-order chi connectivity index (χ0) is 12.1. The molecule has 2 rings (SSSR count). The highest BCUT2D eigenvalue weighted by Gasteiger charge is 2.01. The monoisotopic (exact) mass is 230 g/mol. The van der Waals surface area contributed by atoms with E-state index in [2.05, 4.69) is 0 Å². The summed E-state index contributed by atoms with van der Waals surface area (Å²) in [5.41, 5.74) is 1.08. The molecule has 3 heteroatoms. The average Bonchev–Trinajstić information content (AvgIpc) is 2.37. The Morgan fingerprint density at radius 3 is 2.41 bits per heavy atom. The highest BCUT2D eigenvalue weighted by Crippen LogP contribution is 2.27. The summed E-state index contributed by atoms with van der Waals surface area (Å²) in [6.07, 6.45) is 0. The SMILES string of the molecule is COc1cc(O)cc(OCc2ccccc2)c1. The van der Waals surface area contributed by atoms with Crippen LogP contribution in [-0.4, -0.2) is 12.2 Å². The summed E-state index contributed by atoms with van der Waals surface area (Å²) in [4.78, 5) is 0. The van der Waals surface area contributed by atoms with Gasteiger partial charge in [-0.05, 0) is 5.56 Å². The van der Waals surface area contributed by atoms with Gasteiger partial charge in [0, 0.05) is 18.2 Å². The maximum atomic E-state index is 9.46. The van der Waals surface area contributed by atoms with Gasteiger partial charge in [-0.3, -0.25) is 0 Å². The van der Waals surface area contributed by atoms with E-state index in [1.54, 1.807) is 19.2 Å². The summed E-state index contributed by atoms with van der Waals surface area (Å²) in [6, 6.07) is 14.7. The maximum Gasteiger partial charge on any atom is 0.127 e. The number of phenolic OH excluding ortho intramolecular Hbond substituents is 1. The fraction of sp³-hybridized carbons (Fsp3) is 0.143. The first-order valence-electron chi connectivity index (χ1n) is 5.33. The molecule has 0 aliphatic carbocycles. The summed E-state index contributed by atoms with van der Waals surface area (Å²) in [6.45, 7) is 0.466. The first-order valence-corrected chi connectivity index (χ1v) is 5.33. The maximum absolute atomic E-state index is 9.46. The zero-order valence-electron chi connectivity index (χ0n) is 9.59. The van der Waals surface area contributed by atoms with Crippen molar-refractivity contribution in [1.82, 2.24) is 0 Å². The summed E-state index contributed by atoms with van der Waals surface area (Å²) >= 11 is 0. The first-order chi connectivity index (χ1) is 8.28. The number of hydrogen-bond acceptors (Lipinski definition) is 3. The van der Waals surface area contributed by atoms with Crippen molar-refractivity contribution in [2.24, 2.45) is 0 Å². The van der Waals surface area contributed by atoms with Crippen molar-refractivity contribution in [3.8, 4) is 17.2 Å². The Balaban J connectivity index is 2.06. The van der Waals surface area contributed by atoms with Crippen molar-refractivity contribution in [2.75, 3.05) is 7.11 Å². The topological polar surface area (TPSA) is 38.7 Å². The highest BCUT2D eigenvalue weighted by molar-refractivity contribution is 5.41. The lowest BCUT2D eigenvalue weighted by atomic mass is 10.2. The van der Waals surface area contributed by atoms with E-state index < -0.39 is 0 Å². The van der Waals surface area contributed by atoms with Crippen molar-refractivity contribution in [3.63, 3.8) is 0 Å². The molecule has 0 atom stereocenters. The Kier molecular flexibility index (Phi) is 3.50. The number of hydrogen-bond donors (Lipinski definition) is 1. The van der Waals surface area contributed by atoms with Gasteiger partial charge in [0.1, 0.15) is 23.9 Å². The van der Waals surface area contributed by atoms with E-state index in [9.17, 15) is 5.11 Å². The molecule has 88 valence electrons. The number of benzene rings is 2. The first kappa shape index (κ1) is 11.3. The van der Waals surface area contributed by atoms with Gasteiger partial charge in [0.05, 0.1) is 7.11 Å². The van der Waals surface area contributed by atoms with Crippen molar-refractivity contribution in [2.45, 2.75) is 6.61 Å². The van der Waals surface area contributed by atoms with Gasteiger partial charge in [-0.2, -0.15) is 0 Å². The number of aromatic hydroxyl groups is 1. The summed E-state index contributed by atoms with van der Waals surface area (Å²) in [5.74, 6) is 1.30. The van der Waals surface area contributed by atoms with E-state index >= 15 is 0 Å². The molecule has 0 bridgehead atoms. The fourth-order valence-electron chi connectivity index (χ4n) is 1.50. The van der Waals surface area contributed by atoms with E-state index in [0.717, 1.165) is 5.56 Å². The van der Waals surface area contributed by atoms with E-state index in [4.69, 9.17) is 9.47 Å². The fourth-order valence-corrected chi connectivity index (χ4v) is 1.50. The Labute approximate surface area is 100 Å². The quantitative estimate of drug-likeness (QED) is 0.877. The second-order valence-corrected chi connectivity index (χ2v) is 3.64. The van der Waals surface area contributed by atoms with Crippen LogP contribution in [0.5, 0.6) is 17.2 Å². The van der Waals surface area contributed by atoms with Crippen LogP contribution in [0, 0.1) is 0 Å². The van der Waals surface area contributed by atoms with Crippen LogP contribution in [0.3, 0.4) is 0 Å². The van der Waals surface area contributed by atoms with Gasteiger partial charge in [0.25, 0.3) is 0 Å². The predicted molar refractivity (Wildman–Crippen MR) is 65.4 cm³/mol. The number of rotatable bonds is 4. The van der Waals surface area contributed by atoms with Gasteiger partial charge < -0.3 is 14.6 Å². The molecule has 17 heavy (non-hydrogen) atoms. The van der Waals surface area contributed by atoms with Gasteiger partial charge in [-0.15, -0.1) is 0 Å². The molecule has 0 fully saturated rings. The van der Waals surface area contributed by atoms with Crippen LogP contribution in [-0.2, 0) is 6.61 Å². The molecule has 3 nitrogen and oxygen atoms in total. The molecular formula is C14H14O3. The van der Waals surface area contributed by atoms with Crippen LogP contribution in [0.15, 0.2) is 48.5 Å². The molecule has 0 aliphatic heterocycles.